The third-order valence-corrected chi connectivity index (χ3v) is 5.24. The van der Waals surface area contributed by atoms with E-state index in [4.69, 9.17) is 4.74 Å². The van der Waals surface area contributed by atoms with E-state index in [9.17, 15) is 14.7 Å². The highest BCUT2D eigenvalue weighted by atomic mass is 16.5. The summed E-state index contributed by atoms with van der Waals surface area (Å²) in [5.74, 6) is 0.748. The van der Waals surface area contributed by atoms with E-state index in [1.807, 2.05) is 24.3 Å². The van der Waals surface area contributed by atoms with E-state index in [0.29, 0.717) is 12.3 Å². The van der Waals surface area contributed by atoms with Crippen molar-refractivity contribution < 1.29 is 19.4 Å². The smallest absolute Gasteiger partial charge is 0.325 e. The Labute approximate surface area is 168 Å². The Morgan fingerprint density at radius 1 is 1.18 bits per heavy atom. The van der Waals surface area contributed by atoms with E-state index >= 15 is 0 Å². The molecule has 6 heteroatoms. The second kappa shape index (κ2) is 9.92. The molecule has 1 aliphatic heterocycles. The van der Waals surface area contributed by atoms with Gasteiger partial charge in [-0.3, -0.25) is 9.69 Å². The van der Waals surface area contributed by atoms with Crippen molar-refractivity contribution in [3.8, 4) is 5.75 Å². The van der Waals surface area contributed by atoms with Gasteiger partial charge in [0.25, 0.3) is 5.91 Å². The minimum atomic E-state index is -0.947. The van der Waals surface area contributed by atoms with Gasteiger partial charge in [-0.1, -0.05) is 64.7 Å². The highest BCUT2D eigenvalue weighted by Gasteiger charge is 2.47. The van der Waals surface area contributed by atoms with Crippen molar-refractivity contribution in [1.82, 2.24) is 10.2 Å². The van der Waals surface area contributed by atoms with Gasteiger partial charge in [-0.05, 0) is 30.9 Å². The van der Waals surface area contributed by atoms with Crippen LogP contribution in [0.5, 0.6) is 5.75 Å². The number of imide groups is 1. The Bertz CT molecular complexity index is 676. The van der Waals surface area contributed by atoms with Crippen LogP contribution >= 0.6 is 0 Å². The molecule has 2 N–H and O–H groups in total. The molecule has 28 heavy (non-hydrogen) atoms. The number of ether oxygens (including phenoxy) is 1. The van der Waals surface area contributed by atoms with Crippen molar-refractivity contribution in [2.75, 3.05) is 13.2 Å². The molecule has 0 saturated carbocycles. The first-order valence-corrected chi connectivity index (χ1v) is 10.3. The van der Waals surface area contributed by atoms with Gasteiger partial charge in [-0.15, -0.1) is 0 Å². The van der Waals surface area contributed by atoms with Crippen LogP contribution in [-0.2, 0) is 4.79 Å². The largest absolute Gasteiger partial charge is 0.491 e. The number of rotatable bonds is 11. The zero-order valence-electron chi connectivity index (χ0n) is 17.5. The lowest BCUT2D eigenvalue weighted by atomic mass is 9.94. The molecule has 2 unspecified atom stereocenters. The fourth-order valence-electron chi connectivity index (χ4n) is 3.53. The summed E-state index contributed by atoms with van der Waals surface area (Å²) in [7, 11) is 0. The molecule has 0 spiro atoms. The number of urea groups is 1. The molecule has 1 aromatic rings. The number of hydrogen-bond acceptors (Lipinski definition) is 4. The molecule has 0 aliphatic carbocycles. The number of nitrogens with one attached hydrogen (secondary N) is 1. The van der Waals surface area contributed by atoms with Crippen LogP contribution in [0.2, 0.25) is 0 Å². The van der Waals surface area contributed by atoms with E-state index in [1.54, 1.807) is 6.92 Å². The van der Waals surface area contributed by atoms with Crippen LogP contribution in [-0.4, -0.2) is 46.7 Å². The van der Waals surface area contributed by atoms with Crippen LogP contribution in [0, 0.1) is 0 Å². The van der Waals surface area contributed by atoms with Crippen molar-refractivity contribution in [3.05, 3.63) is 29.8 Å². The molecule has 2 atom stereocenters. The molecule has 156 valence electrons. The quantitative estimate of drug-likeness (QED) is 0.445. The summed E-state index contributed by atoms with van der Waals surface area (Å²) in [6, 6.07) is 7.25. The van der Waals surface area contributed by atoms with Crippen molar-refractivity contribution in [1.29, 1.82) is 0 Å². The highest BCUT2D eigenvalue weighted by molar-refractivity contribution is 6.06. The fraction of sp³-hybridized carbons (Fsp3) is 0.636. The molecule has 2 rings (SSSR count). The topological polar surface area (TPSA) is 78.9 Å². The van der Waals surface area contributed by atoms with Gasteiger partial charge in [0.05, 0.1) is 6.54 Å². The van der Waals surface area contributed by atoms with Gasteiger partial charge in [-0.25, -0.2) is 4.79 Å². The van der Waals surface area contributed by atoms with Crippen LogP contribution in [0.15, 0.2) is 24.3 Å². The number of nitrogens with zero attached hydrogens (tertiary/aromatic N) is 1. The Morgan fingerprint density at radius 2 is 1.89 bits per heavy atom. The molecule has 1 heterocycles. The lowest BCUT2D eigenvalue weighted by Crippen LogP contribution is -2.45. The summed E-state index contributed by atoms with van der Waals surface area (Å²) in [6.07, 6.45) is 3.84. The number of unbranched alkanes of at least 4 members (excludes halogenated alkanes) is 3. The zero-order valence-corrected chi connectivity index (χ0v) is 17.5. The standard InChI is InChI=1S/C22H34N2O4/c1-5-6-7-10-13-22(4)20(26)24(21(27)23-22)14-17(25)15-28-19-12-9-8-11-18(19)16(2)3/h8-9,11-12,16-17,25H,5-7,10,13-15H2,1-4H3,(H,23,27). The monoisotopic (exact) mass is 390 g/mol. The average molecular weight is 391 g/mol. The Morgan fingerprint density at radius 3 is 2.57 bits per heavy atom. The van der Waals surface area contributed by atoms with Crippen molar-refractivity contribution in [2.45, 2.75) is 77.4 Å². The first-order chi connectivity index (χ1) is 13.3. The molecule has 0 aromatic heterocycles. The molecular formula is C22H34N2O4. The molecular weight excluding hydrogens is 356 g/mol. The van der Waals surface area contributed by atoms with Crippen LogP contribution < -0.4 is 10.1 Å². The third kappa shape index (κ3) is 5.47. The van der Waals surface area contributed by atoms with Gasteiger partial charge in [-0.2, -0.15) is 0 Å². The van der Waals surface area contributed by atoms with E-state index in [2.05, 4.69) is 26.1 Å². The number of benzene rings is 1. The minimum absolute atomic E-state index is 0.0218. The van der Waals surface area contributed by atoms with Gasteiger partial charge in [0.15, 0.2) is 0 Å². The number of aliphatic hydroxyl groups is 1. The minimum Gasteiger partial charge on any atom is -0.491 e. The Kier molecular flexibility index (Phi) is 7.87. The lowest BCUT2D eigenvalue weighted by molar-refractivity contribution is -0.132. The summed E-state index contributed by atoms with van der Waals surface area (Å²) in [5, 5.41) is 13.1. The molecule has 1 fully saturated rings. The summed E-state index contributed by atoms with van der Waals surface area (Å²) in [6.45, 7) is 8.00. The maximum Gasteiger partial charge on any atom is 0.325 e. The first kappa shape index (κ1) is 22.2. The van der Waals surface area contributed by atoms with Crippen LogP contribution in [0.25, 0.3) is 0 Å². The van der Waals surface area contributed by atoms with Crippen molar-refractivity contribution in [2.24, 2.45) is 0 Å². The summed E-state index contributed by atoms with van der Waals surface area (Å²) in [5.41, 5.74) is 0.180. The number of carbonyl (C=O) groups is 2. The number of aliphatic hydroxyl groups excluding tert-OH is 1. The van der Waals surface area contributed by atoms with Crippen molar-refractivity contribution >= 4 is 11.9 Å². The molecule has 6 nitrogen and oxygen atoms in total. The Balaban J connectivity index is 1.90. The number of para-hydroxylation sites is 1. The Hall–Kier alpha value is -2.08. The van der Waals surface area contributed by atoms with Gasteiger partial charge in [0.2, 0.25) is 0 Å². The second-order valence-electron chi connectivity index (χ2n) is 8.15. The van der Waals surface area contributed by atoms with Gasteiger partial charge < -0.3 is 15.2 Å². The fourth-order valence-corrected chi connectivity index (χ4v) is 3.53. The predicted molar refractivity (Wildman–Crippen MR) is 109 cm³/mol. The van der Waals surface area contributed by atoms with Crippen LogP contribution in [0.3, 0.4) is 0 Å². The van der Waals surface area contributed by atoms with Crippen LogP contribution in [0.1, 0.15) is 71.3 Å². The summed E-state index contributed by atoms with van der Waals surface area (Å²) < 4.78 is 5.77. The van der Waals surface area contributed by atoms with Gasteiger partial charge in [0.1, 0.15) is 24.0 Å². The third-order valence-electron chi connectivity index (χ3n) is 5.24. The maximum atomic E-state index is 12.7. The summed E-state index contributed by atoms with van der Waals surface area (Å²) in [4.78, 5) is 26.1. The zero-order chi connectivity index (χ0) is 20.7. The molecule has 1 saturated heterocycles. The summed E-state index contributed by atoms with van der Waals surface area (Å²) >= 11 is 0. The van der Waals surface area contributed by atoms with Gasteiger partial charge >= 0.3 is 6.03 Å². The second-order valence-corrected chi connectivity index (χ2v) is 8.15. The normalized spacial score (nSPS) is 20.6. The molecule has 0 bridgehead atoms. The maximum absolute atomic E-state index is 12.7. The van der Waals surface area contributed by atoms with Gasteiger partial charge in [0, 0.05) is 0 Å². The average Bonchev–Trinajstić information content (AvgIpc) is 2.87. The predicted octanol–water partition coefficient (Wildman–Crippen LogP) is 3.83. The highest BCUT2D eigenvalue weighted by Crippen LogP contribution is 2.27. The number of β-amino-alcohol motifs (C(OH)–C–C–N with tert-alkyl or cyclic N) is 1. The molecule has 0 radical (unpaired) electrons. The number of carbonyl (C=O) groups excluding carboxylic acids is 2. The van der Waals surface area contributed by atoms with E-state index in [1.165, 1.54) is 0 Å². The molecule has 1 aromatic carbocycles. The van der Waals surface area contributed by atoms with Crippen molar-refractivity contribution in [3.63, 3.8) is 0 Å². The van der Waals surface area contributed by atoms with E-state index in [-0.39, 0.29) is 19.1 Å². The number of amides is 3. The number of hydrogen-bond donors (Lipinski definition) is 2. The van der Waals surface area contributed by atoms with E-state index in [0.717, 1.165) is 41.9 Å². The first-order valence-electron chi connectivity index (χ1n) is 10.3. The van der Waals surface area contributed by atoms with E-state index < -0.39 is 17.7 Å². The molecule has 1 aliphatic rings. The SMILES string of the molecule is CCCCCCC1(C)NC(=O)N(CC(O)COc2ccccc2C(C)C)C1=O. The van der Waals surface area contributed by atoms with Crippen LogP contribution in [0.4, 0.5) is 4.79 Å². The lowest BCUT2D eigenvalue weighted by Gasteiger charge is -2.23. The molecule has 3 amide bonds.